The Morgan fingerprint density at radius 3 is 2.61 bits per heavy atom. The molecule has 0 radical (unpaired) electrons. The standard InChI is InChI=1S/C22H20N4O2/c1-15-9-10-17(22(27)28-3)11-21(15)25-13-20(23-14-25)19-12-24-26(16(19)2)18-7-5-4-6-8-18/h4-14H,1-3H3. The smallest absolute Gasteiger partial charge is 0.337 e. The second kappa shape index (κ2) is 7.15. The average Bonchev–Trinajstić information content (AvgIpc) is 3.35. The lowest BCUT2D eigenvalue weighted by atomic mass is 10.1. The molecule has 0 amide bonds. The van der Waals surface area contributed by atoms with Gasteiger partial charge < -0.3 is 9.30 Å². The third-order valence-electron chi connectivity index (χ3n) is 4.78. The van der Waals surface area contributed by atoms with Gasteiger partial charge >= 0.3 is 5.97 Å². The van der Waals surface area contributed by atoms with Crippen molar-refractivity contribution in [2.45, 2.75) is 13.8 Å². The summed E-state index contributed by atoms with van der Waals surface area (Å²) in [6.45, 7) is 4.02. The fourth-order valence-corrected chi connectivity index (χ4v) is 3.22. The van der Waals surface area contributed by atoms with Gasteiger partial charge in [0.05, 0.1) is 48.0 Å². The fraction of sp³-hybridized carbons (Fsp3) is 0.136. The van der Waals surface area contributed by atoms with E-state index in [-0.39, 0.29) is 5.97 Å². The summed E-state index contributed by atoms with van der Waals surface area (Å²) in [5, 5.41) is 4.52. The summed E-state index contributed by atoms with van der Waals surface area (Å²) in [4.78, 5) is 16.4. The van der Waals surface area contributed by atoms with Gasteiger partial charge in [0.1, 0.15) is 0 Å². The first-order valence-corrected chi connectivity index (χ1v) is 8.92. The normalized spacial score (nSPS) is 10.8. The number of carbonyl (C=O) groups is 1. The van der Waals surface area contributed by atoms with Crippen LogP contribution in [0.5, 0.6) is 0 Å². The maximum absolute atomic E-state index is 11.9. The number of aryl methyl sites for hydroxylation is 1. The molecule has 0 saturated heterocycles. The summed E-state index contributed by atoms with van der Waals surface area (Å²) in [6.07, 6.45) is 5.52. The van der Waals surface area contributed by atoms with Gasteiger partial charge in [-0.1, -0.05) is 24.3 Å². The molecule has 28 heavy (non-hydrogen) atoms. The van der Waals surface area contributed by atoms with Crippen LogP contribution in [-0.4, -0.2) is 32.4 Å². The minimum Gasteiger partial charge on any atom is -0.465 e. The van der Waals surface area contributed by atoms with Crippen LogP contribution in [0.1, 0.15) is 21.6 Å². The van der Waals surface area contributed by atoms with Crippen molar-refractivity contribution in [3.05, 3.63) is 84.1 Å². The number of rotatable bonds is 4. The van der Waals surface area contributed by atoms with Gasteiger partial charge in [-0.05, 0) is 43.7 Å². The van der Waals surface area contributed by atoms with E-state index in [1.165, 1.54) is 7.11 Å². The number of hydrogen-bond acceptors (Lipinski definition) is 4. The lowest BCUT2D eigenvalue weighted by molar-refractivity contribution is 0.0600. The van der Waals surface area contributed by atoms with Crippen LogP contribution in [0.3, 0.4) is 0 Å². The largest absolute Gasteiger partial charge is 0.465 e. The van der Waals surface area contributed by atoms with Gasteiger partial charge in [0.2, 0.25) is 0 Å². The van der Waals surface area contributed by atoms with Crippen LogP contribution in [0.15, 0.2) is 67.3 Å². The first-order chi connectivity index (χ1) is 13.6. The molecular formula is C22H20N4O2. The van der Waals surface area contributed by atoms with E-state index in [9.17, 15) is 4.79 Å². The molecule has 6 nitrogen and oxygen atoms in total. The molecular weight excluding hydrogens is 352 g/mol. The van der Waals surface area contributed by atoms with E-state index in [0.717, 1.165) is 33.9 Å². The molecule has 4 aromatic rings. The Hall–Kier alpha value is -3.67. The first-order valence-electron chi connectivity index (χ1n) is 8.92. The zero-order valence-corrected chi connectivity index (χ0v) is 16.0. The molecule has 6 heteroatoms. The van der Waals surface area contributed by atoms with E-state index >= 15 is 0 Å². The molecule has 0 aliphatic heterocycles. The molecule has 4 rings (SSSR count). The number of carbonyl (C=O) groups excluding carboxylic acids is 1. The summed E-state index contributed by atoms with van der Waals surface area (Å²) in [7, 11) is 1.38. The van der Waals surface area contributed by atoms with Crippen LogP contribution >= 0.6 is 0 Å². The van der Waals surface area contributed by atoms with Crippen molar-refractivity contribution in [3.8, 4) is 22.6 Å². The molecule has 0 fully saturated rings. The van der Waals surface area contributed by atoms with Gasteiger partial charge in [-0.2, -0.15) is 5.10 Å². The van der Waals surface area contributed by atoms with E-state index in [1.54, 1.807) is 12.4 Å². The summed E-state index contributed by atoms with van der Waals surface area (Å²) >= 11 is 0. The fourth-order valence-electron chi connectivity index (χ4n) is 3.22. The van der Waals surface area contributed by atoms with E-state index in [4.69, 9.17) is 4.74 Å². The first kappa shape index (κ1) is 17.7. The molecule has 2 aromatic heterocycles. The number of imidazole rings is 1. The summed E-state index contributed by atoms with van der Waals surface area (Å²) in [5.74, 6) is -0.360. The van der Waals surface area contributed by atoms with Crippen molar-refractivity contribution in [3.63, 3.8) is 0 Å². The molecule has 2 heterocycles. The van der Waals surface area contributed by atoms with Crippen LogP contribution in [0, 0.1) is 13.8 Å². The Kier molecular flexibility index (Phi) is 4.53. The van der Waals surface area contributed by atoms with E-state index in [0.29, 0.717) is 5.56 Å². The van der Waals surface area contributed by atoms with Crippen LogP contribution < -0.4 is 0 Å². The third-order valence-corrected chi connectivity index (χ3v) is 4.78. The Morgan fingerprint density at radius 1 is 1.07 bits per heavy atom. The molecule has 0 atom stereocenters. The highest BCUT2D eigenvalue weighted by molar-refractivity contribution is 5.90. The van der Waals surface area contributed by atoms with Crippen LogP contribution in [0.4, 0.5) is 0 Å². The van der Waals surface area contributed by atoms with Gasteiger partial charge in [-0.15, -0.1) is 0 Å². The lowest BCUT2D eigenvalue weighted by Gasteiger charge is -2.08. The minimum absolute atomic E-state index is 0.360. The molecule has 0 bridgehead atoms. The third kappa shape index (κ3) is 3.09. The molecule has 0 saturated carbocycles. The predicted octanol–water partition coefficient (Wildman–Crippen LogP) is 4.13. The van der Waals surface area contributed by atoms with E-state index in [1.807, 2.05) is 78.0 Å². The van der Waals surface area contributed by atoms with Gasteiger partial charge in [0.15, 0.2) is 0 Å². The van der Waals surface area contributed by atoms with E-state index < -0.39 is 0 Å². The summed E-state index contributed by atoms with van der Waals surface area (Å²) in [5.41, 5.74) is 6.23. The number of aromatic nitrogens is 4. The highest BCUT2D eigenvalue weighted by atomic mass is 16.5. The molecule has 2 aromatic carbocycles. The van der Waals surface area contributed by atoms with Crippen molar-refractivity contribution in [2.24, 2.45) is 0 Å². The van der Waals surface area contributed by atoms with Gasteiger partial charge in [0.25, 0.3) is 0 Å². The van der Waals surface area contributed by atoms with Crippen molar-refractivity contribution >= 4 is 5.97 Å². The van der Waals surface area contributed by atoms with Crippen molar-refractivity contribution in [2.75, 3.05) is 7.11 Å². The van der Waals surface area contributed by atoms with Crippen molar-refractivity contribution in [1.82, 2.24) is 19.3 Å². The lowest BCUT2D eigenvalue weighted by Crippen LogP contribution is -2.03. The number of benzene rings is 2. The number of ether oxygens (including phenoxy) is 1. The monoisotopic (exact) mass is 372 g/mol. The zero-order valence-electron chi connectivity index (χ0n) is 16.0. The Labute approximate surface area is 163 Å². The molecule has 0 aliphatic rings. The van der Waals surface area contributed by atoms with Crippen molar-refractivity contribution < 1.29 is 9.53 Å². The molecule has 0 unspecified atom stereocenters. The van der Waals surface area contributed by atoms with Crippen LogP contribution in [0.2, 0.25) is 0 Å². The van der Waals surface area contributed by atoms with Crippen molar-refractivity contribution in [1.29, 1.82) is 0 Å². The number of hydrogen-bond donors (Lipinski definition) is 0. The van der Waals surface area contributed by atoms with Gasteiger partial charge in [-0.25, -0.2) is 14.5 Å². The van der Waals surface area contributed by atoms with Gasteiger partial charge in [0, 0.05) is 11.8 Å². The molecule has 140 valence electrons. The maximum Gasteiger partial charge on any atom is 0.337 e. The van der Waals surface area contributed by atoms with E-state index in [2.05, 4.69) is 10.1 Å². The predicted molar refractivity (Wildman–Crippen MR) is 107 cm³/mol. The zero-order chi connectivity index (χ0) is 19.7. The van der Waals surface area contributed by atoms with Crippen LogP contribution in [-0.2, 0) is 4.74 Å². The minimum atomic E-state index is -0.360. The quantitative estimate of drug-likeness (QED) is 0.506. The number of nitrogens with zero attached hydrogens (tertiary/aromatic N) is 4. The Morgan fingerprint density at radius 2 is 1.86 bits per heavy atom. The summed E-state index contributed by atoms with van der Waals surface area (Å²) < 4.78 is 8.64. The number of methoxy groups -OCH3 is 1. The number of para-hydroxylation sites is 1. The highest BCUT2D eigenvalue weighted by Gasteiger charge is 2.14. The Balaban J connectivity index is 1.72. The average molecular weight is 372 g/mol. The second-order valence-electron chi connectivity index (χ2n) is 6.55. The topological polar surface area (TPSA) is 61.9 Å². The van der Waals surface area contributed by atoms with Gasteiger partial charge in [-0.3, -0.25) is 0 Å². The molecule has 0 aliphatic carbocycles. The number of esters is 1. The SMILES string of the molecule is COC(=O)c1ccc(C)c(-n2cnc(-c3cnn(-c4ccccc4)c3C)c2)c1. The second-order valence-corrected chi connectivity index (χ2v) is 6.55. The summed E-state index contributed by atoms with van der Waals surface area (Å²) in [6, 6.07) is 15.5. The van der Waals surface area contributed by atoms with Crippen LogP contribution in [0.25, 0.3) is 22.6 Å². The highest BCUT2D eigenvalue weighted by Crippen LogP contribution is 2.25. The Bertz CT molecular complexity index is 1140. The maximum atomic E-state index is 11.9. The molecule has 0 spiro atoms. The molecule has 0 N–H and O–H groups in total.